The first-order valence-electron chi connectivity index (χ1n) is 7.98. The normalized spacial score (nSPS) is 11.0. The van der Waals surface area contributed by atoms with Gasteiger partial charge in [0.2, 0.25) is 0 Å². The van der Waals surface area contributed by atoms with Crippen molar-refractivity contribution in [3.63, 3.8) is 0 Å². The Bertz CT molecular complexity index is 905. The van der Waals surface area contributed by atoms with E-state index >= 15 is 0 Å². The van der Waals surface area contributed by atoms with Crippen molar-refractivity contribution in [3.8, 4) is 11.5 Å². The van der Waals surface area contributed by atoms with Crippen LogP contribution in [0.25, 0.3) is 0 Å². The number of benzene rings is 2. The van der Waals surface area contributed by atoms with Crippen molar-refractivity contribution >= 4 is 23.0 Å². The van der Waals surface area contributed by atoms with E-state index in [4.69, 9.17) is 9.47 Å². The fraction of sp³-hybridized carbons (Fsp3) is 0.111. The van der Waals surface area contributed by atoms with Gasteiger partial charge in [0.05, 0.1) is 19.9 Å². The number of carbonyl (C=O) groups is 1. The van der Waals surface area contributed by atoms with Gasteiger partial charge in [-0.15, -0.1) is 0 Å². The summed E-state index contributed by atoms with van der Waals surface area (Å²) in [5.41, 5.74) is 4.17. The van der Waals surface area contributed by atoms with E-state index in [1.807, 2.05) is 0 Å². The number of ether oxygens (including phenoxy) is 2. The molecular formula is C18H18N6O3. The second-order valence-corrected chi connectivity index (χ2v) is 5.32. The topological polar surface area (TPSA) is 114 Å². The van der Waals surface area contributed by atoms with Gasteiger partial charge in [-0.1, -0.05) is 0 Å². The molecule has 0 aliphatic heterocycles. The number of hydrogen-bond acceptors (Lipinski definition) is 7. The maximum atomic E-state index is 12.7. The molecule has 0 saturated carbocycles. The Hall–Kier alpha value is -3.88. The Morgan fingerprint density at radius 3 is 2.07 bits per heavy atom. The average molecular weight is 366 g/mol. The molecule has 0 spiro atoms. The number of rotatable bonds is 7. The van der Waals surface area contributed by atoms with Crippen molar-refractivity contribution < 1.29 is 14.3 Å². The predicted octanol–water partition coefficient (Wildman–Crippen LogP) is 2.28. The minimum Gasteiger partial charge on any atom is -0.497 e. The molecule has 0 fully saturated rings. The number of amides is 1. The van der Waals surface area contributed by atoms with Crippen molar-refractivity contribution in [1.82, 2.24) is 15.2 Å². The Morgan fingerprint density at radius 1 is 0.963 bits per heavy atom. The van der Waals surface area contributed by atoms with Crippen LogP contribution < -0.4 is 20.2 Å². The molecule has 0 bridgehead atoms. The number of anilines is 2. The average Bonchev–Trinajstić information content (AvgIpc) is 3.23. The van der Waals surface area contributed by atoms with Gasteiger partial charge in [0.15, 0.2) is 11.5 Å². The molecule has 0 aliphatic rings. The number of hydrazone groups is 1. The van der Waals surface area contributed by atoms with Crippen LogP contribution in [0, 0.1) is 0 Å². The second-order valence-electron chi connectivity index (χ2n) is 5.32. The van der Waals surface area contributed by atoms with Gasteiger partial charge >= 0.3 is 0 Å². The molecule has 1 aromatic heterocycles. The van der Waals surface area contributed by atoms with E-state index in [0.29, 0.717) is 17.1 Å². The van der Waals surface area contributed by atoms with Crippen molar-refractivity contribution in [2.45, 2.75) is 0 Å². The number of aromatic nitrogens is 3. The third-order valence-corrected chi connectivity index (χ3v) is 3.59. The molecule has 0 aliphatic carbocycles. The Labute approximate surface area is 155 Å². The van der Waals surface area contributed by atoms with Crippen LogP contribution in [0.3, 0.4) is 0 Å². The van der Waals surface area contributed by atoms with Crippen LogP contribution in [0.1, 0.15) is 5.82 Å². The summed E-state index contributed by atoms with van der Waals surface area (Å²) in [7, 11) is 3.17. The van der Waals surface area contributed by atoms with Crippen LogP contribution in [0.5, 0.6) is 11.5 Å². The quantitative estimate of drug-likeness (QED) is 0.437. The highest BCUT2D eigenvalue weighted by Crippen LogP contribution is 2.16. The molecule has 9 nitrogen and oxygen atoms in total. The van der Waals surface area contributed by atoms with Crippen molar-refractivity contribution in [1.29, 1.82) is 0 Å². The van der Waals surface area contributed by atoms with Gasteiger partial charge in [-0.2, -0.15) is 10.2 Å². The van der Waals surface area contributed by atoms with Crippen molar-refractivity contribution in [3.05, 3.63) is 60.7 Å². The molecule has 3 rings (SSSR count). The highest BCUT2D eigenvalue weighted by Gasteiger charge is 2.17. The zero-order valence-electron chi connectivity index (χ0n) is 14.8. The summed E-state index contributed by atoms with van der Waals surface area (Å²) in [6.07, 6.45) is 1.30. The lowest BCUT2D eigenvalue weighted by atomic mass is 10.2. The van der Waals surface area contributed by atoms with E-state index in [-0.39, 0.29) is 11.5 Å². The molecule has 138 valence electrons. The third kappa shape index (κ3) is 4.60. The first-order chi connectivity index (χ1) is 13.2. The molecule has 1 amide bonds. The minimum atomic E-state index is -0.446. The first-order valence-corrected chi connectivity index (χ1v) is 7.98. The van der Waals surface area contributed by atoms with Gasteiger partial charge in [0.25, 0.3) is 5.91 Å². The number of nitrogens with zero attached hydrogens (tertiary/aromatic N) is 3. The molecule has 3 N–H and O–H groups in total. The summed E-state index contributed by atoms with van der Waals surface area (Å²) in [6.45, 7) is 0. The summed E-state index contributed by atoms with van der Waals surface area (Å²) in [4.78, 5) is 16.7. The second kappa shape index (κ2) is 8.48. The zero-order valence-corrected chi connectivity index (χ0v) is 14.8. The fourth-order valence-electron chi connectivity index (χ4n) is 2.18. The van der Waals surface area contributed by atoms with Gasteiger partial charge in [-0.25, -0.2) is 4.98 Å². The third-order valence-electron chi connectivity index (χ3n) is 3.59. The summed E-state index contributed by atoms with van der Waals surface area (Å²) < 4.78 is 10.2. The largest absolute Gasteiger partial charge is 0.497 e. The van der Waals surface area contributed by atoms with Crippen LogP contribution in [-0.4, -0.2) is 41.0 Å². The van der Waals surface area contributed by atoms with E-state index in [2.05, 4.69) is 31.0 Å². The number of methoxy groups -OCH3 is 2. The number of nitrogens with one attached hydrogen (secondary N) is 3. The van der Waals surface area contributed by atoms with E-state index in [0.717, 1.165) is 5.75 Å². The van der Waals surface area contributed by atoms with Crippen LogP contribution in [-0.2, 0) is 4.79 Å². The molecule has 1 heterocycles. The molecule has 0 atom stereocenters. The standard InChI is InChI=1S/C18H18N6O3/c1-26-14-7-3-12(4-8-14)21-18(25)16(17-19-11-20-24-17)23-22-13-5-9-15(27-2)10-6-13/h3-11,22H,1-2H3,(H,21,25)(H,19,20,24). The summed E-state index contributed by atoms with van der Waals surface area (Å²) in [5.74, 6) is 1.20. The van der Waals surface area contributed by atoms with E-state index < -0.39 is 5.91 Å². The minimum absolute atomic E-state index is 0.0548. The summed E-state index contributed by atoms with van der Waals surface area (Å²) >= 11 is 0. The lowest BCUT2D eigenvalue weighted by Gasteiger charge is -2.08. The fourth-order valence-corrected chi connectivity index (χ4v) is 2.18. The number of carbonyl (C=O) groups excluding carboxylic acids is 1. The van der Waals surface area contributed by atoms with Crippen molar-refractivity contribution in [2.24, 2.45) is 5.10 Å². The molecule has 0 saturated heterocycles. The molecule has 9 heteroatoms. The highest BCUT2D eigenvalue weighted by atomic mass is 16.5. The lowest BCUT2D eigenvalue weighted by molar-refractivity contribution is -0.110. The summed E-state index contributed by atoms with van der Waals surface area (Å²) in [5, 5.41) is 13.4. The number of aromatic amines is 1. The van der Waals surface area contributed by atoms with Gasteiger partial charge < -0.3 is 14.8 Å². The van der Waals surface area contributed by atoms with Gasteiger partial charge in [0.1, 0.15) is 17.8 Å². The maximum Gasteiger partial charge on any atom is 0.280 e. The molecule has 0 radical (unpaired) electrons. The van der Waals surface area contributed by atoms with Crippen molar-refractivity contribution in [2.75, 3.05) is 25.0 Å². The molecule has 3 aromatic rings. The Morgan fingerprint density at radius 2 is 1.56 bits per heavy atom. The van der Waals surface area contributed by atoms with Gasteiger partial charge in [0, 0.05) is 5.69 Å². The van der Waals surface area contributed by atoms with Gasteiger partial charge in [-0.3, -0.25) is 15.3 Å². The van der Waals surface area contributed by atoms with Crippen LogP contribution in [0.2, 0.25) is 0 Å². The smallest absolute Gasteiger partial charge is 0.280 e. The van der Waals surface area contributed by atoms with E-state index in [1.165, 1.54) is 6.33 Å². The van der Waals surface area contributed by atoms with Crippen LogP contribution in [0.4, 0.5) is 11.4 Å². The molecule has 27 heavy (non-hydrogen) atoms. The van der Waals surface area contributed by atoms with E-state index in [9.17, 15) is 4.79 Å². The van der Waals surface area contributed by atoms with Crippen LogP contribution >= 0.6 is 0 Å². The summed E-state index contributed by atoms with van der Waals surface area (Å²) in [6, 6.07) is 14.1. The first kappa shape index (κ1) is 17.9. The maximum absolute atomic E-state index is 12.7. The zero-order chi connectivity index (χ0) is 19.1. The predicted molar refractivity (Wildman–Crippen MR) is 101 cm³/mol. The van der Waals surface area contributed by atoms with E-state index in [1.54, 1.807) is 62.8 Å². The Balaban J connectivity index is 1.78. The molecule has 2 aromatic carbocycles. The highest BCUT2D eigenvalue weighted by molar-refractivity contribution is 6.48. The molecule has 0 unspecified atom stereocenters. The monoisotopic (exact) mass is 366 g/mol. The molecular weight excluding hydrogens is 348 g/mol. The van der Waals surface area contributed by atoms with Gasteiger partial charge in [-0.05, 0) is 48.5 Å². The lowest BCUT2D eigenvalue weighted by Crippen LogP contribution is -2.26. The SMILES string of the molecule is COc1ccc(NN=C(C(=O)Nc2ccc(OC)cc2)c2ncn[nH]2)cc1. The Kier molecular flexibility index (Phi) is 5.63. The number of hydrogen-bond donors (Lipinski definition) is 3. The van der Waals surface area contributed by atoms with Crippen LogP contribution in [0.15, 0.2) is 60.0 Å². The number of H-pyrrole nitrogens is 1.